The van der Waals surface area contributed by atoms with Gasteiger partial charge in [-0.2, -0.15) is 0 Å². The molecule has 2 aliphatic rings. The monoisotopic (exact) mass is 288 g/mol. The zero-order valence-corrected chi connectivity index (χ0v) is 12.2. The summed E-state index contributed by atoms with van der Waals surface area (Å²) in [5.41, 5.74) is 1.02. The van der Waals surface area contributed by atoms with Gasteiger partial charge in [-0.1, -0.05) is 29.9 Å². The Morgan fingerprint density at radius 3 is 2.86 bits per heavy atom. The summed E-state index contributed by atoms with van der Waals surface area (Å²) in [5.74, 6) is 7.26. The smallest absolute Gasteiger partial charge is 0.163 e. The molecule has 0 aromatic rings. The second-order valence-electron chi connectivity index (χ2n) is 5.59. The molecule has 4 atom stereocenters. The van der Waals surface area contributed by atoms with Crippen LogP contribution >= 0.6 is 0 Å². The largest absolute Gasteiger partial charge is 0.387 e. The third-order valence-electron chi connectivity index (χ3n) is 3.47. The van der Waals surface area contributed by atoms with Crippen LogP contribution in [0.2, 0.25) is 0 Å². The highest BCUT2D eigenvalue weighted by Gasteiger charge is 2.39. The lowest BCUT2D eigenvalue weighted by molar-refractivity contribution is -0.157. The zero-order chi connectivity index (χ0) is 15.5. The van der Waals surface area contributed by atoms with Crippen molar-refractivity contribution in [1.29, 1.82) is 0 Å². The summed E-state index contributed by atoms with van der Waals surface area (Å²) in [4.78, 5) is 0. The van der Waals surface area contributed by atoms with E-state index < -0.39 is 24.1 Å². The molecule has 0 aromatic heterocycles. The topological polar surface area (TPSA) is 58.9 Å². The van der Waals surface area contributed by atoms with Gasteiger partial charge in [-0.05, 0) is 31.9 Å². The minimum atomic E-state index is -1.19. The molecule has 0 amide bonds. The Balaban J connectivity index is 1.97. The van der Waals surface area contributed by atoms with E-state index in [1.54, 1.807) is 19.9 Å². The van der Waals surface area contributed by atoms with Crippen LogP contribution < -0.4 is 0 Å². The van der Waals surface area contributed by atoms with Crippen molar-refractivity contribution in [3.8, 4) is 24.2 Å². The van der Waals surface area contributed by atoms with E-state index >= 15 is 0 Å². The maximum absolute atomic E-state index is 10.1. The highest BCUT2D eigenvalue weighted by atomic mass is 16.7. The molecule has 2 N–H and O–H groups in total. The Bertz CT molecular complexity index is 541. The third-order valence-corrected chi connectivity index (χ3v) is 3.47. The van der Waals surface area contributed by atoms with Crippen molar-refractivity contribution in [2.45, 2.75) is 44.4 Å². The van der Waals surface area contributed by atoms with Gasteiger partial charge in [0.25, 0.3) is 0 Å². The molecule has 0 saturated carbocycles. The van der Waals surface area contributed by atoms with Gasteiger partial charge >= 0.3 is 0 Å². The quantitative estimate of drug-likeness (QED) is 0.588. The van der Waals surface area contributed by atoms with E-state index in [-0.39, 0.29) is 12.5 Å². The lowest BCUT2D eigenvalue weighted by Gasteiger charge is -2.21. The van der Waals surface area contributed by atoms with E-state index in [1.807, 2.05) is 12.2 Å². The molecule has 4 heteroatoms. The molecule has 1 heterocycles. The summed E-state index contributed by atoms with van der Waals surface area (Å²) in [7, 11) is 0. The van der Waals surface area contributed by atoms with Crippen molar-refractivity contribution in [2.24, 2.45) is 5.92 Å². The maximum Gasteiger partial charge on any atom is 0.163 e. The fraction of sp³-hybridized carbons (Fsp3) is 0.529. The van der Waals surface area contributed by atoms with E-state index in [9.17, 15) is 10.2 Å². The van der Waals surface area contributed by atoms with E-state index in [1.165, 1.54) is 0 Å². The number of aliphatic hydroxyl groups excluding tert-OH is 2. The standard InChI is InChI=1S/C17H20O4/c1-4-6-12-7-5-8-13(12)9-10-14(18)16(19)15-11-20-17(2,3)21-15/h1,5-6,8,13-16,18-19H,7,11H2,2-3H3/t13?,14-,15+,16?/m0/s1. The summed E-state index contributed by atoms with van der Waals surface area (Å²) in [6.45, 7) is 3.76. The minimum Gasteiger partial charge on any atom is -0.387 e. The second-order valence-corrected chi connectivity index (χ2v) is 5.59. The number of terminal acetylenes is 1. The average Bonchev–Trinajstić information content (AvgIpc) is 3.02. The first kappa shape index (κ1) is 15.8. The molecule has 0 radical (unpaired) electrons. The number of rotatable bonds is 2. The van der Waals surface area contributed by atoms with Gasteiger partial charge in [0.15, 0.2) is 5.79 Å². The van der Waals surface area contributed by atoms with Gasteiger partial charge in [0, 0.05) is 0 Å². The number of allylic oxidation sites excluding steroid dienone is 4. The van der Waals surface area contributed by atoms with Gasteiger partial charge in [-0.25, -0.2) is 0 Å². The molecule has 2 rings (SSSR count). The zero-order valence-electron chi connectivity index (χ0n) is 12.2. The molecule has 0 bridgehead atoms. The van der Waals surface area contributed by atoms with E-state index in [4.69, 9.17) is 15.9 Å². The normalized spacial score (nSPS) is 31.5. The minimum absolute atomic E-state index is 0.0971. The van der Waals surface area contributed by atoms with Crippen LogP contribution in [0.3, 0.4) is 0 Å². The van der Waals surface area contributed by atoms with Gasteiger partial charge in [-0.3, -0.25) is 0 Å². The molecule has 4 nitrogen and oxygen atoms in total. The first-order valence-electron chi connectivity index (χ1n) is 6.93. The van der Waals surface area contributed by atoms with Crippen molar-refractivity contribution in [3.05, 3.63) is 23.8 Å². The molecule has 1 fully saturated rings. The van der Waals surface area contributed by atoms with Crippen LogP contribution in [0, 0.1) is 30.1 Å². The van der Waals surface area contributed by atoms with Crippen LogP contribution in [0.25, 0.3) is 0 Å². The Kier molecular flexibility index (Phi) is 4.88. The molecule has 21 heavy (non-hydrogen) atoms. The van der Waals surface area contributed by atoms with E-state index in [2.05, 4.69) is 17.8 Å². The Morgan fingerprint density at radius 1 is 1.48 bits per heavy atom. The van der Waals surface area contributed by atoms with Gasteiger partial charge in [0.1, 0.15) is 18.3 Å². The summed E-state index contributed by atoms with van der Waals surface area (Å²) in [5, 5.41) is 20.1. The van der Waals surface area contributed by atoms with Crippen LogP contribution in [0.1, 0.15) is 20.3 Å². The highest BCUT2D eigenvalue weighted by molar-refractivity contribution is 5.36. The number of aliphatic hydroxyl groups is 2. The molecule has 1 aliphatic heterocycles. The van der Waals surface area contributed by atoms with Crippen molar-refractivity contribution >= 4 is 0 Å². The van der Waals surface area contributed by atoms with Gasteiger partial charge in [0.2, 0.25) is 0 Å². The van der Waals surface area contributed by atoms with Crippen molar-refractivity contribution in [2.75, 3.05) is 6.61 Å². The molecule has 2 unspecified atom stereocenters. The van der Waals surface area contributed by atoms with Crippen molar-refractivity contribution in [3.63, 3.8) is 0 Å². The Morgan fingerprint density at radius 2 is 2.24 bits per heavy atom. The fourth-order valence-electron chi connectivity index (χ4n) is 2.33. The molecular weight excluding hydrogens is 268 g/mol. The van der Waals surface area contributed by atoms with Crippen molar-refractivity contribution < 1.29 is 19.7 Å². The summed E-state index contributed by atoms with van der Waals surface area (Å²) < 4.78 is 10.9. The van der Waals surface area contributed by atoms with Crippen LogP contribution in [-0.4, -0.2) is 40.9 Å². The summed E-state index contributed by atoms with van der Waals surface area (Å²) in [6, 6.07) is 0. The van der Waals surface area contributed by atoms with Crippen LogP contribution in [0.4, 0.5) is 0 Å². The number of hydrogen-bond acceptors (Lipinski definition) is 4. The maximum atomic E-state index is 10.1. The predicted molar refractivity (Wildman–Crippen MR) is 78.9 cm³/mol. The lowest BCUT2D eigenvalue weighted by Crippen LogP contribution is -2.39. The predicted octanol–water partition coefficient (Wildman–Crippen LogP) is 0.999. The first-order valence-corrected chi connectivity index (χ1v) is 6.93. The van der Waals surface area contributed by atoms with E-state index in [0.717, 1.165) is 12.0 Å². The fourth-order valence-corrected chi connectivity index (χ4v) is 2.33. The highest BCUT2D eigenvalue weighted by Crippen LogP contribution is 2.26. The van der Waals surface area contributed by atoms with Crippen LogP contribution in [0.15, 0.2) is 23.8 Å². The van der Waals surface area contributed by atoms with Gasteiger partial charge in [0.05, 0.1) is 12.5 Å². The average molecular weight is 288 g/mol. The van der Waals surface area contributed by atoms with Gasteiger partial charge in [-0.15, -0.1) is 6.42 Å². The molecule has 1 saturated heterocycles. The Labute approximate surface area is 125 Å². The molecule has 0 spiro atoms. The second kappa shape index (κ2) is 6.47. The lowest BCUT2D eigenvalue weighted by atomic mass is 10.0. The molecule has 1 aliphatic carbocycles. The number of hydrogen-bond donors (Lipinski definition) is 2. The van der Waals surface area contributed by atoms with Crippen LogP contribution in [0.5, 0.6) is 0 Å². The molecular formula is C17H20O4. The summed E-state index contributed by atoms with van der Waals surface area (Å²) >= 11 is 0. The SMILES string of the molecule is C#CC=C1CC=CC1C#C[C@H](O)C(O)[C@H]1COC(C)(C)O1. The Hall–Kier alpha value is -1.56. The van der Waals surface area contributed by atoms with Crippen LogP contribution in [-0.2, 0) is 9.47 Å². The number of ether oxygens (including phenoxy) is 2. The first-order chi connectivity index (χ1) is 9.93. The third kappa shape index (κ3) is 3.97. The van der Waals surface area contributed by atoms with Crippen molar-refractivity contribution in [1.82, 2.24) is 0 Å². The molecule has 0 aromatic carbocycles. The van der Waals surface area contributed by atoms with Gasteiger partial charge < -0.3 is 19.7 Å². The molecule has 112 valence electrons. The van der Waals surface area contributed by atoms with E-state index in [0.29, 0.717) is 0 Å². The summed E-state index contributed by atoms with van der Waals surface area (Å²) in [6.07, 6.45) is 8.78.